The van der Waals surface area contributed by atoms with E-state index in [4.69, 9.17) is 5.11 Å². The lowest BCUT2D eigenvalue weighted by Crippen LogP contribution is -2.55. The molecule has 1 aliphatic rings. The van der Waals surface area contributed by atoms with E-state index in [9.17, 15) is 4.79 Å². The number of hydrogen-bond acceptors (Lipinski definition) is 4. The molecule has 0 aliphatic carbocycles. The average Bonchev–Trinajstić information content (AvgIpc) is 2.38. The smallest absolute Gasteiger partial charge is 0.314 e. The Bertz CT molecular complexity index is 265. The van der Waals surface area contributed by atoms with Gasteiger partial charge in [-0.15, -0.1) is 0 Å². The fraction of sp³-hybridized carbons (Fsp3) is 0.923. The lowest BCUT2D eigenvalue weighted by molar-refractivity contribution is 0.0887. The maximum Gasteiger partial charge on any atom is 0.314 e. The highest BCUT2D eigenvalue weighted by Crippen LogP contribution is 2.12. The molecule has 0 aromatic heterocycles. The predicted molar refractivity (Wildman–Crippen MR) is 76.2 cm³/mol. The lowest BCUT2D eigenvalue weighted by Gasteiger charge is -2.39. The molecular weight excluding hydrogens is 244 g/mol. The minimum absolute atomic E-state index is 0.0283. The van der Waals surface area contributed by atoms with Crippen molar-refractivity contribution in [3.63, 3.8) is 0 Å². The second-order valence-electron chi connectivity index (χ2n) is 5.51. The van der Waals surface area contributed by atoms with Crippen LogP contribution in [0.3, 0.4) is 0 Å². The molecule has 1 fully saturated rings. The van der Waals surface area contributed by atoms with Gasteiger partial charge in [-0.05, 0) is 13.0 Å². The zero-order valence-electron chi connectivity index (χ0n) is 12.4. The van der Waals surface area contributed by atoms with Gasteiger partial charge in [-0.3, -0.25) is 4.90 Å². The number of carbonyl (C=O) groups excluding carboxylic acids is 1. The molecule has 0 saturated carbocycles. The van der Waals surface area contributed by atoms with Crippen molar-refractivity contribution in [2.75, 3.05) is 52.9 Å². The van der Waals surface area contributed by atoms with E-state index in [1.165, 1.54) is 0 Å². The van der Waals surface area contributed by atoms with Crippen molar-refractivity contribution in [3.8, 4) is 0 Å². The van der Waals surface area contributed by atoms with Crippen LogP contribution in [-0.2, 0) is 0 Å². The zero-order valence-corrected chi connectivity index (χ0v) is 12.4. The Labute approximate surface area is 116 Å². The van der Waals surface area contributed by atoms with Crippen LogP contribution in [0, 0.1) is 5.92 Å². The van der Waals surface area contributed by atoms with E-state index in [2.05, 4.69) is 41.3 Å². The summed E-state index contributed by atoms with van der Waals surface area (Å²) in [6.45, 7) is 9.58. The largest absolute Gasteiger partial charge is 0.395 e. The highest BCUT2D eigenvalue weighted by atomic mass is 16.3. The van der Waals surface area contributed by atoms with Gasteiger partial charge in [0, 0.05) is 45.3 Å². The maximum absolute atomic E-state index is 11.5. The van der Waals surface area contributed by atoms with E-state index in [1.54, 1.807) is 0 Å². The molecule has 0 spiro atoms. The third-order valence-corrected chi connectivity index (χ3v) is 3.65. The fourth-order valence-electron chi connectivity index (χ4n) is 2.37. The van der Waals surface area contributed by atoms with E-state index in [0.29, 0.717) is 25.0 Å². The van der Waals surface area contributed by atoms with Crippen molar-refractivity contribution in [1.82, 2.24) is 20.4 Å². The standard InChI is InChI=1S/C13H28N4O2/c1-11(2)12(10-15-13(19)14-4-9-18)17-7-5-16(3)6-8-17/h11-12,18H,4-10H2,1-3H3,(H2,14,15,19). The first-order chi connectivity index (χ1) is 9.04. The van der Waals surface area contributed by atoms with Crippen LogP contribution in [0.2, 0.25) is 0 Å². The van der Waals surface area contributed by atoms with E-state index in [-0.39, 0.29) is 12.6 Å². The summed E-state index contributed by atoms with van der Waals surface area (Å²) in [6.07, 6.45) is 0. The highest BCUT2D eigenvalue weighted by molar-refractivity contribution is 5.73. The van der Waals surface area contributed by atoms with Gasteiger partial charge in [-0.2, -0.15) is 0 Å². The van der Waals surface area contributed by atoms with Crippen molar-refractivity contribution in [2.24, 2.45) is 5.92 Å². The molecule has 1 aliphatic heterocycles. The summed E-state index contributed by atoms with van der Waals surface area (Å²) >= 11 is 0. The number of aliphatic hydroxyl groups is 1. The van der Waals surface area contributed by atoms with Crippen molar-refractivity contribution in [2.45, 2.75) is 19.9 Å². The number of piperazine rings is 1. The van der Waals surface area contributed by atoms with Gasteiger partial charge in [0.05, 0.1) is 6.61 Å². The Kier molecular flexibility index (Phi) is 7.12. The Morgan fingerprint density at radius 2 is 1.84 bits per heavy atom. The molecule has 0 bridgehead atoms. The number of carbonyl (C=O) groups is 1. The van der Waals surface area contributed by atoms with Crippen LogP contribution in [0.5, 0.6) is 0 Å². The Morgan fingerprint density at radius 3 is 2.37 bits per heavy atom. The molecule has 6 heteroatoms. The van der Waals surface area contributed by atoms with Crippen LogP contribution in [0.25, 0.3) is 0 Å². The quantitative estimate of drug-likeness (QED) is 0.613. The number of urea groups is 1. The fourth-order valence-corrected chi connectivity index (χ4v) is 2.37. The number of hydrogen-bond donors (Lipinski definition) is 3. The van der Waals surface area contributed by atoms with Gasteiger partial charge in [-0.25, -0.2) is 4.79 Å². The van der Waals surface area contributed by atoms with Gasteiger partial charge in [0.15, 0.2) is 0 Å². The number of nitrogens with one attached hydrogen (secondary N) is 2. The van der Waals surface area contributed by atoms with Crippen molar-refractivity contribution in [3.05, 3.63) is 0 Å². The van der Waals surface area contributed by atoms with E-state index in [1.807, 2.05) is 0 Å². The van der Waals surface area contributed by atoms with Crippen molar-refractivity contribution >= 4 is 6.03 Å². The zero-order chi connectivity index (χ0) is 14.3. The number of aliphatic hydroxyl groups excluding tert-OH is 1. The Morgan fingerprint density at radius 1 is 1.21 bits per heavy atom. The minimum Gasteiger partial charge on any atom is -0.395 e. The normalized spacial score (nSPS) is 19.4. The van der Waals surface area contributed by atoms with E-state index < -0.39 is 0 Å². The lowest BCUT2D eigenvalue weighted by atomic mass is 10.0. The molecule has 2 amide bonds. The number of rotatable bonds is 6. The first-order valence-electron chi connectivity index (χ1n) is 7.09. The molecule has 19 heavy (non-hydrogen) atoms. The molecule has 1 heterocycles. The first-order valence-corrected chi connectivity index (χ1v) is 7.09. The molecule has 1 saturated heterocycles. The van der Waals surface area contributed by atoms with Gasteiger partial charge in [-0.1, -0.05) is 13.8 Å². The number of nitrogens with zero attached hydrogens (tertiary/aromatic N) is 2. The first kappa shape index (κ1) is 16.2. The van der Waals surface area contributed by atoms with E-state index >= 15 is 0 Å². The Hall–Kier alpha value is -0.850. The maximum atomic E-state index is 11.5. The second-order valence-corrected chi connectivity index (χ2v) is 5.51. The van der Waals surface area contributed by atoms with Crippen LogP contribution in [0.4, 0.5) is 4.79 Å². The summed E-state index contributed by atoms with van der Waals surface area (Å²) in [5.41, 5.74) is 0. The summed E-state index contributed by atoms with van der Waals surface area (Å²) in [6, 6.07) is 0.169. The summed E-state index contributed by atoms with van der Waals surface area (Å²) in [4.78, 5) is 16.3. The Balaban J connectivity index is 2.38. The summed E-state index contributed by atoms with van der Waals surface area (Å²) in [7, 11) is 2.14. The molecule has 1 rings (SSSR count). The van der Waals surface area contributed by atoms with Crippen molar-refractivity contribution in [1.29, 1.82) is 0 Å². The molecule has 0 aromatic rings. The summed E-state index contributed by atoms with van der Waals surface area (Å²) < 4.78 is 0. The minimum atomic E-state index is -0.200. The molecule has 3 N–H and O–H groups in total. The van der Waals surface area contributed by atoms with Crippen LogP contribution >= 0.6 is 0 Å². The predicted octanol–water partition coefficient (Wildman–Crippen LogP) is -0.450. The molecular formula is C13H28N4O2. The third kappa shape index (κ3) is 5.76. The van der Waals surface area contributed by atoms with Gasteiger partial charge in [0.25, 0.3) is 0 Å². The molecule has 6 nitrogen and oxygen atoms in total. The summed E-state index contributed by atoms with van der Waals surface area (Å²) in [5.74, 6) is 0.501. The van der Waals surface area contributed by atoms with Crippen LogP contribution in [-0.4, -0.2) is 79.9 Å². The topological polar surface area (TPSA) is 67.8 Å². The number of amides is 2. The molecule has 0 radical (unpaired) electrons. The van der Waals surface area contributed by atoms with Crippen LogP contribution < -0.4 is 10.6 Å². The number of likely N-dealkylation sites (N-methyl/N-ethyl adjacent to an activating group) is 1. The van der Waals surface area contributed by atoms with Gasteiger partial charge >= 0.3 is 6.03 Å². The van der Waals surface area contributed by atoms with Gasteiger partial charge in [0.2, 0.25) is 0 Å². The summed E-state index contributed by atoms with van der Waals surface area (Å²) in [5, 5.41) is 14.2. The third-order valence-electron chi connectivity index (χ3n) is 3.65. The van der Waals surface area contributed by atoms with Gasteiger partial charge in [0.1, 0.15) is 0 Å². The molecule has 112 valence electrons. The molecule has 1 unspecified atom stereocenters. The molecule has 1 atom stereocenters. The SMILES string of the molecule is CC(C)C(CNC(=O)NCCO)N1CCN(C)CC1. The monoisotopic (exact) mass is 272 g/mol. The van der Waals surface area contributed by atoms with Crippen LogP contribution in [0.1, 0.15) is 13.8 Å². The molecule has 0 aromatic carbocycles. The van der Waals surface area contributed by atoms with Gasteiger partial charge < -0.3 is 20.6 Å². The second kappa shape index (κ2) is 8.35. The average molecular weight is 272 g/mol. The van der Waals surface area contributed by atoms with Crippen LogP contribution in [0.15, 0.2) is 0 Å². The van der Waals surface area contributed by atoms with Crippen molar-refractivity contribution < 1.29 is 9.90 Å². The highest BCUT2D eigenvalue weighted by Gasteiger charge is 2.25. The van der Waals surface area contributed by atoms with E-state index in [0.717, 1.165) is 26.2 Å².